The first-order chi connectivity index (χ1) is 8.48. The van der Waals surface area contributed by atoms with Gasteiger partial charge in [0.05, 0.1) is 6.61 Å². The summed E-state index contributed by atoms with van der Waals surface area (Å²) < 4.78 is 135. The smallest absolute Gasteiger partial charge is 0.393 e. The van der Waals surface area contributed by atoms with E-state index < -0.39 is 42.6 Å². The maximum atomic E-state index is 12.7. The minimum absolute atomic E-state index is 2.28. The van der Waals surface area contributed by atoms with Crippen LogP contribution < -0.4 is 0 Å². The quantitative estimate of drug-likeness (QED) is 0.761. The topological polar surface area (TPSA) is 40.5 Å². The first kappa shape index (κ1) is 19.1. The van der Waals surface area contributed by atoms with E-state index in [-0.39, 0.29) is 0 Å². The molecule has 2 nitrogen and oxygen atoms in total. The highest BCUT2D eigenvalue weighted by Crippen LogP contribution is 2.57. The summed E-state index contributed by atoms with van der Waals surface area (Å²) >= 11 is 0. The van der Waals surface area contributed by atoms with Crippen LogP contribution in [0.4, 0.5) is 48.3 Å². The van der Waals surface area contributed by atoms with Crippen molar-refractivity contribution in [3.63, 3.8) is 0 Å². The van der Waals surface area contributed by atoms with Gasteiger partial charge >= 0.3 is 29.9 Å². The van der Waals surface area contributed by atoms with Gasteiger partial charge in [-0.25, -0.2) is 0 Å². The first-order valence-electron chi connectivity index (χ1n) is 4.35. The van der Waals surface area contributed by atoms with Gasteiger partial charge < -0.3 is 10.2 Å². The van der Waals surface area contributed by atoms with E-state index in [0.717, 1.165) is 0 Å². The van der Waals surface area contributed by atoms with Crippen molar-refractivity contribution in [3.05, 3.63) is 0 Å². The Morgan fingerprint density at radius 3 is 1.25 bits per heavy atom. The fraction of sp³-hybridized carbons (Fsp3) is 1.00. The Morgan fingerprint density at radius 1 is 0.650 bits per heavy atom. The van der Waals surface area contributed by atoms with E-state index in [4.69, 9.17) is 10.2 Å². The average molecular weight is 330 g/mol. The van der Waals surface area contributed by atoms with Crippen LogP contribution in [0.15, 0.2) is 0 Å². The number of aliphatic hydroxyl groups is 2. The van der Waals surface area contributed by atoms with Gasteiger partial charge in [0.25, 0.3) is 0 Å². The largest absolute Gasteiger partial charge is 0.460 e. The molecule has 122 valence electrons. The molecule has 13 heteroatoms. The number of hydrogen-bond donors (Lipinski definition) is 2. The molecule has 1 unspecified atom stereocenters. The van der Waals surface area contributed by atoms with Crippen molar-refractivity contribution < 1.29 is 58.5 Å². The molecule has 0 bridgehead atoms. The minimum Gasteiger partial charge on any atom is -0.393 e. The van der Waals surface area contributed by atoms with Gasteiger partial charge in [0, 0.05) is 0 Å². The van der Waals surface area contributed by atoms with Crippen molar-refractivity contribution in [2.75, 3.05) is 6.61 Å². The van der Waals surface area contributed by atoms with E-state index in [1.54, 1.807) is 0 Å². The lowest BCUT2D eigenvalue weighted by Gasteiger charge is -2.38. The second-order valence-corrected chi connectivity index (χ2v) is 3.54. The number of rotatable bonds is 5. The van der Waals surface area contributed by atoms with Crippen LogP contribution in [-0.2, 0) is 0 Å². The molecule has 1 atom stereocenters. The third kappa shape index (κ3) is 2.40. The van der Waals surface area contributed by atoms with Crippen molar-refractivity contribution in [1.29, 1.82) is 0 Å². The molecule has 0 saturated carbocycles. The summed E-state index contributed by atoms with van der Waals surface area (Å²) in [6, 6.07) is 0. The number of halogens is 11. The summed E-state index contributed by atoms with van der Waals surface area (Å²) in [7, 11) is 0. The monoisotopic (exact) mass is 330 g/mol. The molecule has 0 aromatic heterocycles. The Hall–Kier alpha value is -0.850. The minimum atomic E-state index is -7.57. The zero-order valence-electron chi connectivity index (χ0n) is 8.84. The molecule has 0 heterocycles. The lowest BCUT2D eigenvalue weighted by atomic mass is 9.95. The molecule has 0 aliphatic heterocycles. The molecule has 20 heavy (non-hydrogen) atoms. The van der Waals surface area contributed by atoms with Crippen LogP contribution in [0, 0.1) is 0 Å². The Labute approximate surface area is 102 Å². The molecular formula is C7H5F11O2. The summed E-state index contributed by atoms with van der Waals surface area (Å²) in [5, 5.41) is 16.2. The van der Waals surface area contributed by atoms with Gasteiger partial charge in [-0.05, 0) is 0 Å². The summed E-state index contributed by atoms with van der Waals surface area (Å²) in [4.78, 5) is 0. The summed E-state index contributed by atoms with van der Waals surface area (Å²) in [6.45, 7) is -2.28. The highest BCUT2D eigenvalue weighted by Gasteiger charge is 2.87. The van der Waals surface area contributed by atoms with E-state index in [1.807, 2.05) is 0 Å². The van der Waals surface area contributed by atoms with Crippen molar-refractivity contribution in [1.82, 2.24) is 0 Å². The molecule has 0 saturated heterocycles. The first-order valence-corrected chi connectivity index (χ1v) is 4.35. The van der Waals surface area contributed by atoms with Crippen molar-refractivity contribution >= 4 is 0 Å². The molecule has 0 aromatic carbocycles. The Kier molecular flexibility index (Phi) is 4.65. The Balaban J connectivity index is 5.94. The van der Waals surface area contributed by atoms with E-state index in [2.05, 4.69) is 0 Å². The van der Waals surface area contributed by atoms with Gasteiger partial charge in [-0.15, -0.1) is 0 Å². The molecule has 0 rings (SSSR count). The summed E-state index contributed by atoms with van der Waals surface area (Å²) in [5.41, 5.74) is 0. The van der Waals surface area contributed by atoms with Gasteiger partial charge in [0.1, 0.15) is 6.10 Å². The lowest BCUT2D eigenvalue weighted by molar-refractivity contribution is -0.429. The fourth-order valence-corrected chi connectivity index (χ4v) is 0.908. The molecule has 0 aromatic rings. The predicted octanol–water partition coefficient (Wildman–Crippen LogP) is 2.44. The second kappa shape index (κ2) is 4.86. The maximum Gasteiger partial charge on any atom is 0.460 e. The molecule has 2 N–H and O–H groups in total. The zero-order valence-corrected chi connectivity index (χ0v) is 8.84. The fourth-order valence-electron chi connectivity index (χ4n) is 0.908. The van der Waals surface area contributed by atoms with Crippen molar-refractivity contribution in [3.8, 4) is 0 Å². The van der Waals surface area contributed by atoms with Crippen LogP contribution in [0.2, 0.25) is 0 Å². The van der Waals surface area contributed by atoms with Crippen LogP contribution in [0.1, 0.15) is 0 Å². The van der Waals surface area contributed by atoms with E-state index in [0.29, 0.717) is 0 Å². The van der Waals surface area contributed by atoms with Gasteiger partial charge in [0.15, 0.2) is 0 Å². The molecule has 0 radical (unpaired) electrons. The highest BCUT2D eigenvalue weighted by atomic mass is 19.4. The highest BCUT2D eigenvalue weighted by molar-refractivity contribution is 5.08. The van der Waals surface area contributed by atoms with Gasteiger partial charge in [-0.1, -0.05) is 0 Å². The third-order valence-corrected chi connectivity index (χ3v) is 2.15. The standard InChI is InChI=1S/C7H5F11O2/c8-3(9,2(20)1-19)4(10,11)5(12,13)6(14,15)7(16,17)18/h2,19-20H,1H2. The van der Waals surface area contributed by atoms with Crippen LogP contribution in [0.5, 0.6) is 0 Å². The summed E-state index contributed by atoms with van der Waals surface area (Å²) in [5.74, 6) is -28.8. The van der Waals surface area contributed by atoms with Crippen LogP contribution in [0.3, 0.4) is 0 Å². The number of alkyl halides is 11. The molecule has 0 aliphatic carbocycles. The van der Waals surface area contributed by atoms with Gasteiger partial charge in [0.2, 0.25) is 0 Å². The molecule has 0 spiro atoms. The molecule has 0 fully saturated rings. The van der Waals surface area contributed by atoms with E-state index in [1.165, 1.54) is 0 Å². The van der Waals surface area contributed by atoms with Gasteiger partial charge in [-0.2, -0.15) is 48.3 Å². The summed E-state index contributed by atoms with van der Waals surface area (Å²) in [6.07, 6.45) is -11.2. The third-order valence-electron chi connectivity index (χ3n) is 2.15. The number of hydrogen-bond acceptors (Lipinski definition) is 2. The van der Waals surface area contributed by atoms with Crippen LogP contribution >= 0.6 is 0 Å². The van der Waals surface area contributed by atoms with Crippen LogP contribution in [0.25, 0.3) is 0 Å². The molecule has 0 aliphatic rings. The lowest BCUT2D eigenvalue weighted by Crippen LogP contribution is -2.69. The second-order valence-electron chi connectivity index (χ2n) is 3.54. The van der Waals surface area contributed by atoms with E-state index >= 15 is 0 Å². The molecular weight excluding hydrogens is 325 g/mol. The average Bonchev–Trinajstić information content (AvgIpc) is 2.25. The van der Waals surface area contributed by atoms with Crippen molar-refractivity contribution in [2.24, 2.45) is 0 Å². The number of aliphatic hydroxyl groups excluding tert-OH is 2. The maximum absolute atomic E-state index is 12.7. The van der Waals surface area contributed by atoms with E-state index in [9.17, 15) is 48.3 Å². The molecule has 0 amide bonds. The Morgan fingerprint density at radius 2 is 1.00 bits per heavy atom. The SMILES string of the molecule is OCC(O)C(F)(F)C(F)(F)C(F)(F)C(F)(F)C(F)(F)F. The van der Waals surface area contributed by atoms with Crippen LogP contribution in [-0.4, -0.2) is 52.8 Å². The van der Waals surface area contributed by atoms with Crippen molar-refractivity contribution in [2.45, 2.75) is 36.0 Å². The predicted molar refractivity (Wildman–Crippen MR) is 38.9 cm³/mol. The zero-order chi connectivity index (χ0) is 16.8. The van der Waals surface area contributed by atoms with Gasteiger partial charge in [-0.3, -0.25) is 0 Å². The normalized spacial score (nSPS) is 17.2. The Bertz CT molecular complexity index is 347.